The molecule has 0 saturated carbocycles. The van der Waals surface area contributed by atoms with Crippen molar-refractivity contribution in [3.05, 3.63) is 33.8 Å². The second kappa shape index (κ2) is 8.76. The summed E-state index contributed by atoms with van der Waals surface area (Å²) in [5.41, 5.74) is 1.04. The standard InChI is InChI=1S/C14H21Cl2NO/c1-11(2)18-8-4-3-7-17-10-12-9-13(15)5-6-14(12)16/h5-6,9,11,17H,3-4,7-8,10H2,1-2H3. The van der Waals surface area contributed by atoms with Gasteiger partial charge in [-0.2, -0.15) is 0 Å². The van der Waals surface area contributed by atoms with Crippen molar-refractivity contribution in [3.8, 4) is 0 Å². The van der Waals surface area contributed by atoms with Crippen LogP contribution in [0.15, 0.2) is 18.2 Å². The molecule has 0 aliphatic rings. The zero-order valence-electron chi connectivity index (χ0n) is 11.0. The van der Waals surface area contributed by atoms with E-state index in [1.165, 1.54) is 0 Å². The summed E-state index contributed by atoms with van der Waals surface area (Å²) in [4.78, 5) is 0. The van der Waals surface area contributed by atoms with Crippen LogP contribution in [0.1, 0.15) is 32.3 Å². The Bertz CT molecular complexity index is 356. The molecular weight excluding hydrogens is 269 g/mol. The van der Waals surface area contributed by atoms with E-state index in [1.54, 1.807) is 6.07 Å². The Morgan fingerprint density at radius 2 is 2.00 bits per heavy atom. The predicted octanol–water partition coefficient (Wildman–Crippen LogP) is 4.29. The number of benzene rings is 1. The van der Waals surface area contributed by atoms with Crippen molar-refractivity contribution in [2.45, 2.75) is 39.3 Å². The molecule has 1 N–H and O–H groups in total. The molecule has 1 aromatic rings. The highest BCUT2D eigenvalue weighted by molar-refractivity contribution is 6.33. The van der Waals surface area contributed by atoms with Crippen molar-refractivity contribution in [2.75, 3.05) is 13.2 Å². The number of hydrogen-bond acceptors (Lipinski definition) is 2. The summed E-state index contributed by atoms with van der Waals surface area (Å²) in [5, 5.41) is 4.84. The van der Waals surface area contributed by atoms with Crippen LogP contribution in [0.2, 0.25) is 10.0 Å². The first-order valence-electron chi connectivity index (χ1n) is 6.36. The monoisotopic (exact) mass is 289 g/mol. The minimum Gasteiger partial charge on any atom is -0.379 e. The Morgan fingerprint density at radius 1 is 1.22 bits per heavy atom. The van der Waals surface area contributed by atoms with Crippen LogP contribution in [0.4, 0.5) is 0 Å². The molecule has 18 heavy (non-hydrogen) atoms. The second-order valence-corrected chi connectivity index (χ2v) is 5.38. The lowest BCUT2D eigenvalue weighted by molar-refractivity contribution is 0.0760. The lowest BCUT2D eigenvalue weighted by Crippen LogP contribution is -2.16. The van der Waals surface area contributed by atoms with Crippen molar-refractivity contribution < 1.29 is 4.74 Å². The Labute approximate surface area is 120 Å². The first-order chi connectivity index (χ1) is 8.59. The van der Waals surface area contributed by atoms with Crippen LogP contribution in [0, 0.1) is 0 Å². The van der Waals surface area contributed by atoms with Gasteiger partial charge in [0.2, 0.25) is 0 Å². The van der Waals surface area contributed by atoms with Gasteiger partial charge in [-0.05, 0) is 57.0 Å². The first-order valence-corrected chi connectivity index (χ1v) is 7.11. The molecule has 0 atom stereocenters. The fraction of sp³-hybridized carbons (Fsp3) is 0.571. The van der Waals surface area contributed by atoms with E-state index in [1.807, 2.05) is 12.1 Å². The Morgan fingerprint density at radius 3 is 2.72 bits per heavy atom. The first kappa shape index (κ1) is 15.8. The zero-order chi connectivity index (χ0) is 13.4. The molecule has 0 bridgehead atoms. The van der Waals surface area contributed by atoms with Crippen LogP contribution in [-0.2, 0) is 11.3 Å². The highest BCUT2D eigenvalue weighted by Gasteiger charge is 2.00. The molecule has 0 radical (unpaired) electrons. The van der Waals surface area contributed by atoms with Crippen molar-refractivity contribution in [2.24, 2.45) is 0 Å². The molecule has 0 amide bonds. The molecule has 102 valence electrons. The molecule has 0 aromatic heterocycles. The van der Waals surface area contributed by atoms with Gasteiger partial charge in [-0.15, -0.1) is 0 Å². The molecular formula is C14H21Cl2NO. The van der Waals surface area contributed by atoms with E-state index in [2.05, 4.69) is 19.2 Å². The maximum absolute atomic E-state index is 6.07. The van der Waals surface area contributed by atoms with E-state index in [-0.39, 0.29) is 0 Å². The third kappa shape index (κ3) is 6.60. The normalized spacial score (nSPS) is 11.2. The SMILES string of the molecule is CC(C)OCCCCNCc1cc(Cl)ccc1Cl. The smallest absolute Gasteiger partial charge is 0.0518 e. The Kier molecular flexibility index (Phi) is 7.68. The maximum Gasteiger partial charge on any atom is 0.0518 e. The van der Waals surface area contributed by atoms with Gasteiger partial charge in [0.05, 0.1) is 6.10 Å². The van der Waals surface area contributed by atoms with E-state index in [0.717, 1.165) is 48.1 Å². The topological polar surface area (TPSA) is 21.3 Å². The zero-order valence-corrected chi connectivity index (χ0v) is 12.5. The largest absolute Gasteiger partial charge is 0.379 e. The van der Waals surface area contributed by atoms with Crippen molar-refractivity contribution >= 4 is 23.2 Å². The van der Waals surface area contributed by atoms with Gasteiger partial charge >= 0.3 is 0 Å². The average Bonchev–Trinajstić information content (AvgIpc) is 2.32. The third-order valence-corrected chi connectivity index (χ3v) is 3.13. The van der Waals surface area contributed by atoms with Crippen molar-refractivity contribution in [3.63, 3.8) is 0 Å². The molecule has 2 nitrogen and oxygen atoms in total. The third-order valence-electron chi connectivity index (χ3n) is 2.52. The van der Waals surface area contributed by atoms with Crippen LogP contribution >= 0.6 is 23.2 Å². The lowest BCUT2D eigenvalue weighted by Gasteiger charge is -2.09. The molecule has 0 saturated heterocycles. The van der Waals surface area contributed by atoms with Crippen LogP contribution in [0.25, 0.3) is 0 Å². The second-order valence-electron chi connectivity index (χ2n) is 4.54. The Balaban J connectivity index is 2.12. The predicted molar refractivity (Wildman–Crippen MR) is 78.5 cm³/mol. The van der Waals surface area contributed by atoms with E-state index >= 15 is 0 Å². The number of hydrogen-bond donors (Lipinski definition) is 1. The van der Waals surface area contributed by atoms with Gasteiger partial charge in [0, 0.05) is 23.2 Å². The molecule has 0 heterocycles. The van der Waals surface area contributed by atoms with Crippen molar-refractivity contribution in [1.82, 2.24) is 5.32 Å². The summed E-state index contributed by atoms with van der Waals surface area (Å²) in [7, 11) is 0. The van der Waals surface area contributed by atoms with E-state index in [0.29, 0.717) is 6.10 Å². The number of nitrogens with one attached hydrogen (secondary N) is 1. The molecule has 0 unspecified atom stereocenters. The number of rotatable bonds is 8. The minimum atomic E-state index is 0.322. The summed E-state index contributed by atoms with van der Waals surface area (Å²) in [6.45, 7) is 6.66. The van der Waals surface area contributed by atoms with Gasteiger partial charge in [0.25, 0.3) is 0 Å². The average molecular weight is 290 g/mol. The molecule has 4 heteroatoms. The number of unbranched alkanes of at least 4 members (excludes halogenated alkanes) is 1. The van der Waals surface area contributed by atoms with Gasteiger partial charge in [0.1, 0.15) is 0 Å². The van der Waals surface area contributed by atoms with Gasteiger partial charge < -0.3 is 10.1 Å². The van der Waals surface area contributed by atoms with Crippen LogP contribution < -0.4 is 5.32 Å². The van der Waals surface area contributed by atoms with Crippen LogP contribution in [0.5, 0.6) is 0 Å². The van der Waals surface area contributed by atoms with Crippen molar-refractivity contribution in [1.29, 1.82) is 0 Å². The van der Waals surface area contributed by atoms with Crippen LogP contribution in [-0.4, -0.2) is 19.3 Å². The summed E-state index contributed by atoms with van der Waals surface area (Å²) in [6, 6.07) is 5.53. The fourth-order valence-corrected chi connectivity index (χ4v) is 1.95. The quantitative estimate of drug-likeness (QED) is 0.721. The summed E-state index contributed by atoms with van der Waals surface area (Å²) in [6.07, 6.45) is 2.50. The highest BCUT2D eigenvalue weighted by Crippen LogP contribution is 2.20. The molecule has 0 aliphatic carbocycles. The maximum atomic E-state index is 6.07. The van der Waals surface area contributed by atoms with E-state index in [4.69, 9.17) is 27.9 Å². The molecule has 0 aliphatic heterocycles. The highest BCUT2D eigenvalue weighted by atomic mass is 35.5. The van der Waals surface area contributed by atoms with Gasteiger partial charge in [-0.1, -0.05) is 23.2 Å². The summed E-state index contributed by atoms with van der Waals surface area (Å²) < 4.78 is 5.48. The number of ether oxygens (including phenoxy) is 1. The Hall–Kier alpha value is -0.280. The lowest BCUT2D eigenvalue weighted by atomic mass is 10.2. The van der Waals surface area contributed by atoms with Gasteiger partial charge in [-0.3, -0.25) is 0 Å². The summed E-state index contributed by atoms with van der Waals surface area (Å²) in [5.74, 6) is 0. The van der Waals surface area contributed by atoms with Crippen LogP contribution in [0.3, 0.4) is 0 Å². The van der Waals surface area contributed by atoms with Gasteiger partial charge in [-0.25, -0.2) is 0 Å². The fourth-order valence-electron chi connectivity index (χ4n) is 1.57. The van der Waals surface area contributed by atoms with E-state index in [9.17, 15) is 0 Å². The molecule has 1 aromatic carbocycles. The molecule has 0 spiro atoms. The van der Waals surface area contributed by atoms with E-state index < -0.39 is 0 Å². The minimum absolute atomic E-state index is 0.322. The van der Waals surface area contributed by atoms with Gasteiger partial charge in [0.15, 0.2) is 0 Å². The summed E-state index contributed by atoms with van der Waals surface area (Å²) >= 11 is 12.0. The number of halogens is 2. The molecule has 0 fully saturated rings. The molecule has 1 rings (SSSR count).